The van der Waals surface area contributed by atoms with Crippen molar-refractivity contribution in [2.24, 2.45) is 11.3 Å². The monoisotopic (exact) mass is 458 g/mol. The number of nitrogens with one attached hydrogen (secondary N) is 2. The second kappa shape index (κ2) is 11.6. The average molecular weight is 459 g/mol. The zero-order valence-electron chi connectivity index (χ0n) is 20.2. The first kappa shape index (κ1) is 25.2. The van der Waals surface area contributed by atoms with Crippen LogP contribution in [0.4, 0.5) is 5.69 Å². The summed E-state index contributed by atoms with van der Waals surface area (Å²) in [6, 6.07) is 6.96. The third-order valence-corrected chi connectivity index (χ3v) is 6.20. The van der Waals surface area contributed by atoms with Crippen molar-refractivity contribution in [1.29, 1.82) is 0 Å². The molecule has 3 rings (SSSR count). The molecule has 3 amide bonds. The Morgan fingerprint density at radius 2 is 1.76 bits per heavy atom. The van der Waals surface area contributed by atoms with Gasteiger partial charge in [0.2, 0.25) is 11.8 Å². The van der Waals surface area contributed by atoms with Crippen LogP contribution in [0, 0.1) is 11.3 Å². The van der Waals surface area contributed by atoms with E-state index in [1.807, 2.05) is 20.8 Å². The van der Waals surface area contributed by atoms with Gasteiger partial charge in [-0.1, -0.05) is 20.8 Å². The number of hydrogen-bond acceptors (Lipinski definition) is 5. The van der Waals surface area contributed by atoms with E-state index in [4.69, 9.17) is 4.74 Å². The van der Waals surface area contributed by atoms with Crippen LogP contribution in [0.15, 0.2) is 24.3 Å². The number of morpholine rings is 1. The Balaban J connectivity index is 1.45. The molecule has 2 aliphatic heterocycles. The third kappa shape index (κ3) is 7.54. The predicted molar refractivity (Wildman–Crippen MR) is 128 cm³/mol. The minimum atomic E-state index is -0.486. The van der Waals surface area contributed by atoms with Crippen molar-refractivity contribution in [2.45, 2.75) is 40.0 Å². The fraction of sp³-hybridized carbons (Fsp3) is 0.640. The molecule has 0 saturated carbocycles. The van der Waals surface area contributed by atoms with Gasteiger partial charge in [0, 0.05) is 49.4 Å². The molecule has 182 valence electrons. The van der Waals surface area contributed by atoms with Crippen LogP contribution in [0.3, 0.4) is 0 Å². The first-order valence-electron chi connectivity index (χ1n) is 12.0. The third-order valence-electron chi connectivity index (χ3n) is 6.20. The van der Waals surface area contributed by atoms with E-state index in [0.29, 0.717) is 30.9 Å². The van der Waals surface area contributed by atoms with Crippen LogP contribution in [0.1, 0.15) is 50.4 Å². The molecule has 8 heteroatoms. The summed E-state index contributed by atoms with van der Waals surface area (Å²) in [5, 5.41) is 5.92. The van der Waals surface area contributed by atoms with Crippen LogP contribution in [0.5, 0.6) is 0 Å². The van der Waals surface area contributed by atoms with Gasteiger partial charge in [0.15, 0.2) is 0 Å². The van der Waals surface area contributed by atoms with Crippen molar-refractivity contribution >= 4 is 23.4 Å². The zero-order valence-corrected chi connectivity index (χ0v) is 20.2. The highest BCUT2D eigenvalue weighted by Crippen LogP contribution is 2.21. The second-order valence-electron chi connectivity index (χ2n) is 9.97. The number of likely N-dealkylation sites (tertiary alicyclic amines) is 1. The van der Waals surface area contributed by atoms with E-state index in [1.54, 1.807) is 29.2 Å². The number of anilines is 1. The quantitative estimate of drug-likeness (QED) is 0.612. The maximum Gasteiger partial charge on any atom is 0.253 e. The Bertz CT molecular complexity index is 813. The standard InChI is InChI=1S/C25H38N4O4/c1-25(2,3)24(32)27-21-9-7-19(8-10-21)23(31)29-13-4-6-20(18-29)22(30)26-11-5-12-28-14-16-33-17-15-28/h7-10,20H,4-6,11-18H2,1-3H3,(H,26,30)(H,27,32)/t20-/m1/s1. The van der Waals surface area contributed by atoms with Crippen molar-refractivity contribution in [3.05, 3.63) is 29.8 Å². The van der Waals surface area contributed by atoms with Gasteiger partial charge in [-0.2, -0.15) is 0 Å². The fourth-order valence-electron chi connectivity index (χ4n) is 4.06. The number of hydrogen-bond donors (Lipinski definition) is 2. The molecule has 0 aromatic heterocycles. The van der Waals surface area contributed by atoms with Crippen molar-refractivity contribution in [3.8, 4) is 0 Å². The molecule has 0 aliphatic carbocycles. The largest absolute Gasteiger partial charge is 0.379 e. The van der Waals surface area contributed by atoms with Gasteiger partial charge in [-0.3, -0.25) is 19.3 Å². The normalized spacial score (nSPS) is 19.7. The lowest BCUT2D eigenvalue weighted by Gasteiger charge is -2.32. The van der Waals surface area contributed by atoms with Crippen LogP contribution in [-0.2, 0) is 14.3 Å². The number of carbonyl (C=O) groups excluding carboxylic acids is 3. The van der Waals surface area contributed by atoms with Gasteiger partial charge in [-0.15, -0.1) is 0 Å². The molecule has 0 bridgehead atoms. The van der Waals surface area contributed by atoms with Crippen LogP contribution < -0.4 is 10.6 Å². The summed E-state index contributed by atoms with van der Waals surface area (Å²) in [4.78, 5) is 41.9. The van der Waals surface area contributed by atoms with Crippen molar-refractivity contribution in [1.82, 2.24) is 15.1 Å². The van der Waals surface area contributed by atoms with Gasteiger partial charge in [0.1, 0.15) is 0 Å². The minimum Gasteiger partial charge on any atom is -0.379 e. The lowest BCUT2D eigenvalue weighted by Crippen LogP contribution is -2.46. The maximum absolute atomic E-state index is 13.0. The van der Waals surface area contributed by atoms with Gasteiger partial charge in [-0.05, 0) is 50.1 Å². The SMILES string of the molecule is CC(C)(C)C(=O)Nc1ccc(C(=O)N2CCC[C@@H](C(=O)NCCCN3CCOCC3)C2)cc1. The molecule has 2 N–H and O–H groups in total. The fourth-order valence-corrected chi connectivity index (χ4v) is 4.06. The molecule has 2 heterocycles. The first-order chi connectivity index (χ1) is 15.7. The first-order valence-corrected chi connectivity index (χ1v) is 12.0. The summed E-state index contributed by atoms with van der Waals surface area (Å²) in [5.74, 6) is -0.281. The minimum absolute atomic E-state index is 0.0368. The Labute approximate surface area is 197 Å². The Morgan fingerprint density at radius 3 is 2.42 bits per heavy atom. The molecule has 1 aromatic rings. The Hall–Kier alpha value is -2.45. The van der Waals surface area contributed by atoms with Gasteiger partial charge in [0.05, 0.1) is 19.1 Å². The second-order valence-corrected chi connectivity index (χ2v) is 9.97. The molecule has 2 saturated heterocycles. The summed E-state index contributed by atoms with van der Waals surface area (Å²) < 4.78 is 5.36. The molecular formula is C25H38N4O4. The van der Waals surface area contributed by atoms with E-state index in [-0.39, 0.29) is 23.6 Å². The Morgan fingerprint density at radius 1 is 1.06 bits per heavy atom. The summed E-state index contributed by atoms with van der Waals surface area (Å²) in [7, 11) is 0. The zero-order chi connectivity index (χ0) is 23.8. The maximum atomic E-state index is 13.0. The number of amides is 3. The molecule has 2 aliphatic rings. The van der Waals surface area contributed by atoms with Crippen molar-refractivity contribution in [2.75, 3.05) is 57.8 Å². The summed E-state index contributed by atoms with van der Waals surface area (Å²) in [6.07, 6.45) is 2.54. The molecule has 0 unspecified atom stereocenters. The number of carbonyl (C=O) groups is 3. The highest BCUT2D eigenvalue weighted by atomic mass is 16.5. The van der Waals surface area contributed by atoms with Gasteiger partial charge >= 0.3 is 0 Å². The van der Waals surface area contributed by atoms with Crippen LogP contribution in [0.2, 0.25) is 0 Å². The number of benzene rings is 1. The van der Waals surface area contributed by atoms with E-state index >= 15 is 0 Å². The van der Waals surface area contributed by atoms with Crippen LogP contribution >= 0.6 is 0 Å². The van der Waals surface area contributed by atoms with Crippen LogP contribution in [0.25, 0.3) is 0 Å². The van der Waals surface area contributed by atoms with Crippen molar-refractivity contribution in [3.63, 3.8) is 0 Å². The highest BCUT2D eigenvalue weighted by Gasteiger charge is 2.29. The molecule has 8 nitrogen and oxygen atoms in total. The Kier molecular flexibility index (Phi) is 8.86. The van der Waals surface area contributed by atoms with Crippen molar-refractivity contribution < 1.29 is 19.1 Å². The van der Waals surface area contributed by atoms with E-state index in [9.17, 15) is 14.4 Å². The van der Waals surface area contributed by atoms with E-state index in [2.05, 4.69) is 15.5 Å². The molecule has 1 aromatic carbocycles. The topological polar surface area (TPSA) is 91.0 Å². The highest BCUT2D eigenvalue weighted by molar-refractivity contribution is 5.97. The van der Waals surface area contributed by atoms with E-state index in [0.717, 1.165) is 52.1 Å². The van der Waals surface area contributed by atoms with E-state index < -0.39 is 5.41 Å². The molecular weight excluding hydrogens is 420 g/mol. The van der Waals surface area contributed by atoms with Crippen LogP contribution in [-0.4, -0.2) is 80.0 Å². The number of piperidine rings is 1. The smallest absolute Gasteiger partial charge is 0.253 e. The number of nitrogens with zero attached hydrogens (tertiary/aromatic N) is 2. The lowest BCUT2D eigenvalue weighted by atomic mass is 9.95. The lowest BCUT2D eigenvalue weighted by molar-refractivity contribution is -0.126. The molecule has 0 spiro atoms. The number of rotatable bonds is 7. The van der Waals surface area contributed by atoms with Gasteiger partial charge in [-0.25, -0.2) is 0 Å². The summed E-state index contributed by atoms with van der Waals surface area (Å²) in [6.45, 7) is 11.8. The molecule has 0 radical (unpaired) electrons. The summed E-state index contributed by atoms with van der Waals surface area (Å²) >= 11 is 0. The molecule has 2 fully saturated rings. The average Bonchev–Trinajstić information content (AvgIpc) is 2.82. The van der Waals surface area contributed by atoms with Gasteiger partial charge in [0.25, 0.3) is 5.91 Å². The predicted octanol–water partition coefficient (Wildman–Crippen LogP) is 2.36. The summed E-state index contributed by atoms with van der Waals surface area (Å²) in [5.41, 5.74) is 0.746. The van der Waals surface area contributed by atoms with Gasteiger partial charge < -0.3 is 20.3 Å². The molecule has 1 atom stereocenters. The van der Waals surface area contributed by atoms with E-state index in [1.165, 1.54) is 0 Å². The number of ether oxygens (including phenoxy) is 1. The molecule has 33 heavy (non-hydrogen) atoms.